The highest BCUT2D eigenvalue weighted by atomic mass is 16.3. The van der Waals surface area contributed by atoms with Crippen LogP contribution in [0.4, 0.5) is 0 Å². The summed E-state index contributed by atoms with van der Waals surface area (Å²) in [5, 5.41) is 4.96. The van der Waals surface area contributed by atoms with Gasteiger partial charge in [-0.15, -0.1) is 0 Å². The van der Waals surface area contributed by atoms with Crippen LogP contribution in [0.3, 0.4) is 0 Å². The molecule has 0 bridgehead atoms. The number of nitrogens with zero attached hydrogens (tertiary/aromatic N) is 4. The van der Waals surface area contributed by atoms with Crippen LogP contribution in [0.5, 0.6) is 0 Å². The van der Waals surface area contributed by atoms with Crippen molar-refractivity contribution in [3.63, 3.8) is 0 Å². The minimum atomic E-state index is -0.477. The zero-order chi connectivity index (χ0) is 23.5. The van der Waals surface area contributed by atoms with E-state index in [0.29, 0.717) is 51.4 Å². The van der Waals surface area contributed by atoms with Crippen molar-refractivity contribution in [1.82, 2.24) is 30.6 Å². The van der Waals surface area contributed by atoms with Gasteiger partial charge < -0.3 is 4.42 Å². The first-order valence-corrected chi connectivity index (χ1v) is 10.7. The molecule has 9 nitrogen and oxygen atoms in total. The number of hydrazine groups is 1. The SMILES string of the molecule is CCc1c(C(=O)NNC(=O)c2cc(-c3ccco3)nc3ccccc23)cnn1-c1ccccn1. The summed E-state index contributed by atoms with van der Waals surface area (Å²) >= 11 is 0. The zero-order valence-electron chi connectivity index (χ0n) is 18.2. The molecule has 9 heteroatoms. The quantitative estimate of drug-likeness (QED) is 0.393. The van der Waals surface area contributed by atoms with E-state index in [1.165, 1.54) is 6.20 Å². The Labute approximate surface area is 194 Å². The monoisotopic (exact) mass is 452 g/mol. The third-order valence-corrected chi connectivity index (χ3v) is 5.34. The van der Waals surface area contributed by atoms with Crippen molar-refractivity contribution < 1.29 is 14.0 Å². The van der Waals surface area contributed by atoms with Gasteiger partial charge >= 0.3 is 0 Å². The fourth-order valence-electron chi connectivity index (χ4n) is 3.74. The molecule has 5 aromatic rings. The van der Waals surface area contributed by atoms with E-state index < -0.39 is 11.8 Å². The number of fused-ring (bicyclic) bond motifs is 1. The number of rotatable bonds is 5. The molecule has 0 radical (unpaired) electrons. The Morgan fingerprint density at radius 3 is 2.50 bits per heavy atom. The highest BCUT2D eigenvalue weighted by molar-refractivity contribution is 6.08. The number of amides is 2. The van der Waals surface area contributed by atoms with E-state index in [0.717, 1.165) is 0 Å². The molecule has 2 amide bonds. The lowest BCUT2D eigenvalue weighted by molar-refractivity contribution is 0.0847. The number of hydrogen-bond donors (Lipinski definition) is 2. The maximum atomic E-state index is 13.1. The van der Waals surface area contributed by atoms with Gasteiger partial charge in [0.15, 0.2) is 11.6 Å². The molecule has 0 spiro atoms. The number of benzene rings is 1. The molecule has 0 aliphatic carbocycles. The van der Waals surface area contributed by atoms with E-state index in [4.69, 9.17) is 4.42 Å². The number of carbonyl (C=O) groups excluding carboxylic acids is 2. The first kappa shape index (κ1) is 21.1. The van der Waals surface area contributed by atoms with Gasteiger partial charge in [0.2, 0.25) is 0 Å². The molecule has 0 aliphatic heterocycles. The Kier molecular flexibility index (Phi) is 5.57. The highest BCUT2D eigenvalue weighted by Crippen LogP contribution is 2.25. The van der Waals surface area contributed by atoms with Crippen molar-refractivity contribution in [1.29, 1.82) is 0 Å². The van der Waals surface area contributed by atoms with Crippen molar-refractivity contribution in [2.75, 3.05) is 0 Å². The van der Waals surface area contributed by atoms with Crippen molar-refractivity contribution in [3.05, 3.63) is 96.1 Å². The van der Waals surface area contributed by atoms with E-state index in [-0.39, 0.29) is 0 Å². The minimum absolute atomic E-state index is 0.351. The highest BCUT2D eigenvalue weighted by Gasteiger charge is 2.20. The van der Waals surface area contributed by atoms with E-state index in [1.54, 1.807) is 47.5 Å². The number of carbonyl (C=O) groups is 2. The van der Waals surface area contributed by atoms with Crippen LogP contribution >= 0.6 is 0 Å². The maximum absolute atomic E-state index is 13.1. The van der Waals surface area contributed by atoms with Gasteiger partial charge in [-0.25, -0.2) is 14.6 Å². The molecule has 4 aromatic heterocycles. The van der Waals surface area contributed by atoms with Crippen molar-refractivity contribution in [2.45, 2.75) is 13.3 Å². The number of nitrogens with one attached hydrogen (secondary N) is 2. The second-order valence-corrected chi connectivity index (χ2v) is 7.42. The Morgan fingerprint density at radius 1 is 0.971 bits per heavy atom. The van der Waals surface area contributed by atoms with Crippen LogP contribution in [0.1, 0.15) is 33.3 Å². The molecular formula is C25H20N6O3. The van der Waals surface area contributed by atoms with Crippen LogP contribution in [-0.4, -0.2) is 31.6 Å². The predicted molar refractivity (Wildman–Crippen MR) is 125 cm³/mol. The van der Waals surface area contributed by atoms with E-state index in [2.05, 4.69) is 25.9 Å². The average molecular weight is 452 g/mol. The predicted octanol–water partition coefficient (Wildman–Crippen LogP) is 3.71. The number of aromatic nitrogens is 4. The molecule has 0 atom stereocenters. The Hall–Kier alpha value is -4.79. The normalized spacial score (nSPS) is 10.9. The molecule has 4 heterocycles. The topological polar surface area (TPSA) is 115 Å². The van der Waals surface area contributed by atoms with Gasteiger partial charge in [0.1, 0.15) is 5.69 Å². The second-order valence-electron chi connectivity index (χ2n) is 7.42. The summed E-state index contributed by atoms with van der Waals surface area (Å²) in [5.41, 5.74) is 7.56. The van der Waals surface area contributed by atoms with Gasteiger partial charge in [0.25, 0.3) is 11.8 Å². The molecule has 0 saturated heterocycles. The molecule has 5 rings (SSSR count). The average Bonchev–Trinajstić information content (AvgIpc) is 3.57. The van der Waals surface area contributed by atoms with E-state index in [1.807, 2.05) is 37.3 Å². The van der Waals surface area contributed by atoms with Gasteiger partial charge in [-0.05, 0) is 42.8 Å². The molecule has 0 unspecified atom stereocenters. The third kappa shape index (κ3) is 3.90. The van der Waals surface area contributed by atoms with Gasteiger partial charge in [0, 0.05) is 11.6 Å². The van der Waals surface area contributed by atoms with Crippen LogP contribution < -0.4 is 10.9 Å². The number of para-hydroxylation sites is 1. The molecule has 0 aliphatic rings. The lowest BCUT2D eigenvalue weighted by Gasteiger charge is -2.11. The summed E-state index contributed by atoms with van der Waals surface area (Å²) in [6.45, 7) is 1.92. The Bertz CT molecular complexity index is 1480. The van der Waals surface area contributed by atoms with E-state index >= 15 is 0 Å². The largest absolute Gasteiger partial charge is 0.463 e. The number of pyridine rings is 2. The number of hydrogen-bond acceptors (Lipinski definition) is 6. The lowest BCUT2D eigenvalue weighted by atomic mass is 10.1. The standard InChI is InChI=1S/C25H20N6O3/c1-2-21-18(15-27-31(21)23-11-5-6-12-26-23)25(33)30-29-24(32)17-14-20(22-10-7-13-34-22)28-19-9-4-3-8-16(17)19/h3-15H,2H2,1H3,(H,29,32)(H,30,33). The summed E-state index contributed by atoms with van der Waals surface area (Å²) in [7, 11) is 0. The smallest absolute Gasteiger partial charge is 0.273 e. The van der Waals surface area contributed by atoms with Crippen LogP contribution in [0.15, 0.2) is 83.7 Å². The van der Waals surface area contributed by atoms with Crippen LogP contribution in [0.25, 0.3) is 28.2 Å². The molecule has 2 N–H and O–H groups in total. The molecule has 0 saturated carbocycles. The van der Waals surface area contributed by atoms with Crippen molar-refractivity contribution in [2.24, 2.45) is 0 Å². The summed E-state index contributed by atoms with van der Waals surface area (Å²) in [5.74, 6) is 0.196. The van der Waals surface area contributed by atoms with E-state index in [9.17, 15) is 9.59 Å². The van der Waals surface area contributed by atoms with Gasteiger partial charge in [-0.2, -0.15) is 5.10 Å². The zero-order valence-corrected chi connectivity index (χ0v) is 18.2. The molecule has 168 valence electrons. The molecule has 0 fully saturated rings. The lowest BCUT2D eigenvalue weighted by Crippen LogP contribution is -2.42. The Morgan fingerprint density at radius 2 is 1.76 bits per heavy atom. The summed E-state index contributed by atoms with van der Waals surface area (Å²) < 4.78 is 7.06. The fraction of sp³-hybridized carbons (Fsp3) is 0.0800. The summed E-state index contributed by atoms with van der Waals surface area (Å²) in [6, 6.07) is 17.9. The first-order chi connectivity index (χ1) is 16.7. The summed E-state index contributed by atoms with van der Waals surface area (Å²) in [6.07, 6.45) is 5.22. The van der Waals surface area contributed by atoms with Crippen molar-refractivity contribution >= 4 is 22.7 Å². The second kappa shape index (κ2) is 8.99. The maximum Gasteiger partial charge on any atom is 0.273 e. The van der Waals surface area contributed by atoms with Crippen LogP contribution in [0.2, 0.25) is 0 Å². The number of furan rings is 1. The van der Waals surface area contributed by atoms with Gasteiger partial charge in [-0.1, -0.05) is 31.2 Å². The van der Waals surface area contributed by atoms with Crippen LogP contribution in [-0.2, 0) is 6.42 Å². The molecule has 1 aromatic carbocycles. The fourth-order valence-corrected chi connectivity index (χ4v) is 3.74. The molecule has 34 heavy (non-hydrogen) atoms. The summed E-state index contributed by atoms with van der Waals surface area (Å²) in [4.78, 5) is 34.8. The van der Waals surface area contributed by atoms with Gasteiger partial charge in [-0.3, -0.25) is 20.4 Å². The first-order valence-electron chi connectivity index (χ1n) is 10.7. The third-order valence-electron chi connectivity index (χ3n) is 5.34. The van der Waals surface area contributed by atoms with Crippen molar-refractivity contribution in [3.8, 4) is 17.3 Å². The van der Waals surface area contributed by atoms with Crippen LogP contribution in [0, 0.1) is 0 Å². The minimum Gasteiger partial charge on any atom is -0.463 e. The van der Waals surface area contributed by atoms with Gasteiger partial charge in [0.05, 0.1) is 34.8 Å². The Balaban J connectivity index is 1.40. The molecular weight excluding hydrogens is 432 g/mol.